The average Bonchev–Trinajstić information content (AvgIpc) is 2.95. The van der Waals surface area contributed by atoms with Crippen LogP contribution in [0, 0.1) is 11.8 Å². The molecule has 0 aromatic carbocycles. The number of hydrogen-bond donors (Lipinski definition) is 1. The van der Waals surface area contributed by atoms with Crippen LogP contribution in [0.5, 0.6) is 5.19 Å². The molecule has 0 amide bonds. The Balaban J connectivity index is 1.80. The van der Waals surface area contributed by atoms with Crippen molar-refractivity contribution in [2.75, 3.05) is 13.2 Å². The lowest BCUT2D eigenvalue weighted by molar-refractivity contribution is 0.216. The van der Waals surface area contributed by atoms with Gasteiger partial charge in [0, 0.05) is 18.0 Å². The van der Waals surface area contributed by atoms with Crippen molar-refractivity contribution in [1.29, 1.82) is 0 Å². The van der Waals surface area contributed by atoms with Crippen LogP contribution in [0.3, 0.4) is 0 Å². The molecule has 1 fully saturated rings. The van der Waals surface area contributed by atoms with Crippen LogP contribution in [0.4, 0.5) is 0 Å². The zero-order valence-corrected chi connectivity index (χ0v) is 11.2. The number of aromatic nitrogens is 2. The second kappa shape index (κ2) is 6.31. The van der Waals surface area contributed by atoms with Gasteiger partial charge in [-0.05, 0) is 37.6 Å². The van der Waals surface area contributed by atoms with E-state index in [4.69, 9.17) is 10.5 Å². The van der Waals surface area contributed by atoms with Gasteiger partial charge >= 0.3 is 0 Å². The van der Waals surface area contributed by atoms with Gasteiger partial charge in [-0.1, -0.05) is 13.3 Å². The normalized spacial score (nSPS) is 24.1. The first kappa shape index (κ1) is 12.8. The van der Waals surface area contributed by atoms with E-state index < -0.39 is 0 Å². The largest absolute Gasteiger partial charge is 0.469 e. The van der Waals surface area contributed by atoms with Crippen LogP contribution in [0.2, 0.25) is 0 Å². The van der Waals surface area contributed by atoms with E-state index in [1.54, 1.807) is 0 Å². The summed E-state index contributed by atoms with van der Waals surface area (Å²) in [5.74, 6) is 2.16. The average molecular weight is 255 g/mol. The third kappa shape index (κ3) is 3.39. The smallest absolute Gasteiger partial charge is 0.293 e. The second-order valence-corrected chi connectivity index (χ2v) is 5.44. The van der Waals surface area contributed by atoms with Gasteiger partial charge in [0.05, 0.1) is 6.61 Å². The van der Waals surface area contributed by atoms with Gasteiger partial charge in [-0.25, -0.2) is 0 Å². The fraction of sp³-hybridized carbons (Fsp3) is 0.833. The maximum Gasteiger partial charge on any atom is 0.293 e. The molecule has 1 aliphatic rings. The molecule has 1 heterocycles. The lowest BCUT2D eigenvalue weighted by atomic mass is 9.97. The fourth-order valence-corrected chi connectivity index (χ4v) is 3.03. The summed E-state index contributed by atoms with van der Waals surface area (Å²) in [4.78, 5) is 4.37. The monoisotopic (exact) mass is 255 g/mol. The van der Waals surface area contributed by atoms with E-state index in [1.807, 2.05) is 0 Å². The van der Waals surface area contributed by atoms with Crippen molar-refractivity contribution in [3.05, 3.63) is 5.82 Å². The van der Waals surface area contributed by atoms with Crippen molar-refractivity contribution in [2.24, 2.45) is 17.6 Å². The molecule has 2 atom stereocenters. The Morgan fingerprint density at radius 2 is 2.24 bits per heavy atom. The molecule has 0 aliphatic heterocycles. The van der Waals surface area contributed by atoms with Gasteiger partial charge in [-0.2, -0.15) is 9.36 Å². The van der Waals surface area contributed by atoms with E-state index in [-0.39, 0.29) is 0 Å². The third-order valence-electron chi connectivity index (χ3n) is 3.46. The van der Waals surface area contributed by atoms with E-state index >= 15 is 0 Å². The molecule has 2 rings (SSSR count). The number of nitrogens with zero attached hydrogens (tertiary/aromatic N) is 2. The molecule has 1 saturated carbocycles. The fourth-order valence-electron chi connectivity index (χ4n) is 2.44. The van der Waals surface area contributed by atoms with Crippen molar-refractivity contribution in [2.45, 2.75) is 39.0 Å². The van der Waals surface area contributed by atoms with Gasteiger partial charge in [0.2, 0.25) is 0 Å². The Hall–Kier alpha value is -0.680. The third-order valence-corrected chi connectivity index (χ3v) is 4.13. The molecule has 0 spiro atoms. The molecular formula is C12H21N3OS. The highest BCUT2D eigenvalue weighted by Gasteiger charge is 2.26. The summed E-state index contributed by atoms with van der Waals surface area (Å²) >= 11 is 1.37. The van der Waals surface area contributed by atoms with E-state index in [0.717, 1.165) is 37.0 Å². The summed E-state index contributed by atoms with van der Waals surface area (Å²) in [5, 5.41) is 0.719. The summed E-state index contributed by atoms with van der Waals surface area (Å²) in [6.45, 7) is 3.67. The van der Waals surface area contributed by atoms with Crippen LogP contribution in [-0.2, 0) is 6.42 Å². The van der Waals surface area contributed by atoms with Crippen LogP contribution in [0.15, 0.2) is 0 Å². The predicted octanol–water partition coefficient (Wildman–Crippen LogP) is 2.24. The summed E-state index contributed by atoms with van der Waals surface area (Å²) in [6.07, 6.45) is 5.79. The summed E-state index contributed by atoms with van der Waals surface area (Å²) in [7, 11) is 0. The lowest BCUT2D eigenvalue weighted by Crippen LogP contribution is -2.23. The Labute approximate surface area is 107 Å². The second-order valence-electron chi connectivity index (χ2n) is 4.72. The van der Waals surface area contributed by atoms with Crippen molar-refractivity contribution in [3.8, 4) is 5.19 Å². The standard InChI is InChI=1S/C12H21N3OS/c1-2-4-11-14-12(17-15-11)16-8-10-6-3-5-9(10)7-13/h9-10H,2-8,13H2,1H3. The Kier molecular flexibility index (Phi) is 4.74. The number of aryl methyl sites for hydroxylation is 1. The van der Waals surface area contributed by atoms with Gasteiger partial charge in [-0.3, -0.25) is 0 Å². The molecule has 0 saturated heterocycles. The van der Waals surface area contributed by atoms with E-state index in [0.29, 0.717) is 11.8 Å². The van der Waals surface area contributed by atoms with Gasteiger partial charge in [0.15, 0.2) is 0 Å². The minimum Gasteiger partial charge on any atom is -0.469 e. The van der Waals surface area contributed by atoms with Crippen molar-refractivity contribution < 1.29 is 4.74 Å². The maximum absolute atomic E-state index is 5.76. The summed E-state index contributed by atoms with van der Waals surface area (Å²) in [6, 6.07) is 0. The Bertz CT molecular complexity index is 342. The van der Waals surface area contributed by atoms with E-state index in [9.17, 15) is 0 Å². The summed E-state index contributed by atoms with van der Waals surface area (Å²) < 4.78 is 10.0. The molecule has 17 heavy (non-hydrogen) atoms. The number of hydrogen-bond acceptors (Lipinski definition) is 5. The molecule has 5 heteroatoms. The molecule has 96 valence electrons. The minimum absolute atomic E-state index is 0.610. The van der Waals surface area contributed by atoms with Crippen LogP contribution >= 0.6 is 11.5 Å². The topological polar surface area (TPSA) is 61.0 Å². The quantitative estimate of drug-likeness (QED) is 0.847. The maximum atomic E-state index is 5.76. The van der Waals surface area contributed by atoms with Crippen molar-refractivity contribution in [3.63, 3.8) is 0 Å². The Morgan fingerprint density at radius 3 is 3.00 bits per heavy atom. The predicted molar refractivity (Wildman–Crippen MR) is 69.3 cm³/mol. The molecule has 2 unspecified atom stereocenters. The van der Waals surface area contributed by atoms with Crippen molar-refractivity contribution in [1.82, 2.24) is 9.36 Å². The first-order chi connectivity index (χ1) is 8.33. The summed E-state index contributed by atoms with van der Waals surface area (Å²) in [5.41, 5.74) is 5.76. The van der Waals surface area contributed by atoms with Gasteiger partial charge in [-0.15, -0.1) is 0 Å². The molecule has 0 bridgehead atoms. The first-order valence-corrected chi connectivity index (χ1v) is 7.26. The van der Waals surface area contributed by atoms with Gasteiger partial charge in [0.25, 0.3) is 5.19 Å². The molecular weight excluding hydrogens is 234 g/mol. The molecule has 1 aromatic heterocycles. The van der Waals surface area contributed by atoms with Crippen LogP contribution in [-0.4, -0.2) is 22.5 Å². The van der Waals surface area contributed by atoms with Crippen LogP contribution < -0.4 is 10.5 Å². The molecule has 4 nitrogen and oxygen atoms in total. The first-order valence-electron chi connectivity index (χ1n) is 6.49. The number of rotatable bonds is 6. The highest BCUT2D eigenvalue weighted by Crippen LogP contribution is 2.31. The zero-order chi connectivity index (χ0) is 12.1. The van der Waals surface area contributed by atoms with Crippen LogP contribution in [0.25, 0.3) is 0 Å². The minimum atomic E-state index is 0.610. The molecule has 1 aromatic rings. The molecule has 0 radical (unpaired) electrons. The van der Waals surface area contributed by atoms with Crippen molar-refractivity contribution >= 4 is 11.5 Å². The van der Waals surface area contributed by atoms with Crippen LogP contribution in [0.1, 0.15) is 38.4 Å². The number of ether oxygens (including phenoxy) is 1. The molecule has 2 N–H and O–H groups in total. The highest BCUT2D eigenvalue weighted by atomic mass is 32.1. The SMILES string of the molecule is CCCc1nsc(OCC2CCCC2CN)n1. The highest BCUT2D eigenvalue weighted by molar-refractivity contribution is 7.07. The molecule has 1 aliphatic carbocycles. The van der Waals surface area contributed by atoms with Gasteiger partial charge in [0.1, 0.15) is 5.82 Å². The van der Waals surface area contributed by atoms with E-state index in [1.165, 1.54) is 30.8 Å². The number of nitrogens with two attached hydrogens (primary N) is 1. The van der Waals surface area contributed by atoms with E-state index in [2.05, 4.69) is 16.3 Å². The van der Waals surface area contributed by atoms with Gasteiger partial charge < -0.3 is 10.5 Å². The lowest BCUT2D eigenvalue weighted by Gasteiger charge is -2.16. The zero-order valence-electron chi connectivity index (χ0n) is 10.4. The Morgan fingerprint density at radius 1 is 1.41 bits per heavy atom.